The SMILES string of the molecule is COc1ccc(-c2noc(-c3cccc(NC(=O)C4CC(=O)N(Cc5ccccc5)C4)c3)n2)cc1. The van der Waals surface area contributed by atoms with Crippen molar-refractivity contribution in [3.8, 4) is 28.6 Å². The Labute approximate surface area is 202 Å². The lowest BCUT2D eigenvalue weighted by Crippen LogP contribution is -2.28. The van der Waals surface area contributed by atoms with Crippen LogP contribution in [0, 0.1) is 5.92 Å². The van der Waals surface area contributed by atoms with E-state index >= 15 is 0 Å². The van der Waals surface area contributed by atoms with E-state index in [0.717, 1.165) is 16.9 Å². The van der Waals surface area contributed by atoms with Gasteiger partial charge < -0.3 is 19.5 Å². The zero-order valence-corrected chi connectivity index (χ0v) is 19.2. The molecule has 1 saturated heterocycles. The summed E-state index contributed by atoms with van der Waals surface area (Å²) in [5.41, 5.74) is 3.13. The zero-order valence-electron chi connectivity index (χ0n) is 19.2. The molecular weight excluding hydrogens is 444 g/mol. The summed E-state index contributed by atoms with van der Waals surface area (Å²) in [6, 6.07) is 24.4. The van der Waals surface area contributed by atoms with Crippen LogP contribution < -0.4 is 10.1 Å². The highest BCUT2D eigenvalue weighted by Gasteiger charge is 2.34. The molecule has 2 amide bonds. The second-order valence-electron chi connectivity index (χ2n) is 8.38. The average Bonchev–Trinajstić information content (AvgIpc) is 3.52. The molecule has 2 heterocycles. The van der Waals surface area contributed by atoms with Crippen LogP contribution in [0.1, 0.15) is 12.0 Å². The molecule has 8 nitrogen and oxygen atoms in total. The third-order valence-corrected chi connectivity index (χ3v) is 5.95. The van der Waals surface area contributed by atoms with Crippen LogP contribution in [0.15, 0.2) is 83.4 Å². The number of ether oxygens (including phenoxy) is 1. The number of hydrogen-bond donors (Lipinski definition) is 1. The van der Waals surface area contributed by atoms with Crippen LogP contribution in [0.3, 0.4) is 0 Å². The molecule has 0 radical (unpaired) electrons. The summed E-state index contributed by atoms with van der Waals surface area (Å²) in [5.74, 6) is 0.945. The Hall–Kier alpha value is -4.46. The standard InChI is InChI=1S/C27H24N4O4/c1-34-23-12-10-19(11-13-23)25-29-27(35-30-25)20-8-5-9-22(14-20)28-26(33)21-15-24(32)31(17-21)16-18-6-3-2-4-7-18/h2-14,21H,15-17H2,1H3,(H,28,33). The summed E-state index contributed by atoms with van der Waals surface area (Å²) in [6.07, 6.45) is 0.202. The number of hydrogen-bond acceptors (Lipinski definition) is 6. The van der Waals surface area contributed by atoms with E-state index in [1.54, 1.807) is 24.1 Å². The first-order valence-corrected chi connectivity index (χ1v) is 11.3. The van der Waals surface area contributed by atoms with E-state index in [1.807, 2.05) is 66.7 Å². The number of aromatic nitrogens is 2. The van der Waals surface area contributed by atoms with Crippen LogP contribution in [0.25, 0.3) is 22.8 Å². The maximum atomic E-state index is 12.9. The van der Waals surface area contributed by atoms with Gasteiger partial charge in [-0.25, -0.2) is 0 Å². The number of anilines is 1. The number of amides is 2. The summed E-state index contributed by atoms with van der Waals surface area (Å²) in [5, 5.41) is 6.99. The van der Waals surface area contributed by atoms with Gasteiger partial charge in [0.2, 0.25) is 17.6 Å². The van der Waals surface area contributed by atoms with Crippen molar-refractivity contribution in [2.24, 2.45) is 5.92 Å². The van der Waals surface area contributed by atoms with Gasteiger partial charge in [-0.3, -0.25) is 9.59 Å². The van der Waals surface area contributed by atoms with Gasteiger partial charge in [-0.2, -0.15) is 4.98 Å². The molecule has 1 fully saturated rings. The van der Waals surface area contributed by atoms with Gasteiger partial charge in [-0.15, -0.1) is 0 Å². The number of benzene rings is 3. The van der Waals surface area contributed by atoms with E-state index in [0.29, 0.717) is 36.1 Å². The predicted molar refractivity (Wildman–Crippen MR) is 130 cm³/mol. The van der Waals surface area contributed by atoms with Gasteiger partial charge >= 0.3 is 0 Å². The fourth-order valence-corrected chi connectivity index (χ4v) is 4.08. The summed E-state index contributed by atoms with van der Waals surface area (Å²) < 4.78 is 10.6. The minimum absolute atomic E-state index is 0.0142. The number of nitrogens with one attached hydrogen (secondary N) is 1. The molecule has 35 heavy (non-hydrogen) atoms. The molecule has 1 aromatic heterocycles. The molecular formula is C27H24N4O4. The third kappa shape index (κ3) is 5.06. The van der Waals surface area contributed by atoms with Crippen LogP contribution in [0.5, 0.6) is 5.75 Å². The average molecular weight is 469 g/mol. The number of likely N-dealkylation sites (tertiary alicyclic amines) is 1. The summed E-state index contributed by atoms with van der Waals surface area (Å²) in [6.45, 7) is 0.904. The minimum Gasteiger partial charge on any atom is -0.497 e. The van der Waals surface area contributed by atoms with Crippen LogP contribution in [-0.4, -0.2) is 40.5 Å². The van der Waals surface area contributed by atoms with Crippen molar-refractivity contribution in [3.63, 3.8) is 0 Å². The largest absolute Gasteiger partial charge is 0.497 e. The molecule has 176 valence electrons. The Morgan fingerprint density at radius 2 is 1.86 bits per heavy atom. The normalized spacial score (nSPS) is 15.3. The first-order chi connectivity index (χ1) is 17.1. The van der Waals surface area contributed by atoms with Crippen molar-refractivity contribution in [2.45, 2.75) is 13.0 Å². The van der Waals surface area contributed by atoms with E-state index in [-0.39, 0.29) is 18.2 Å². The van der Waals surface area contributed by atoms with Gasteiger partial charge in [0.05, 0.1) is 13.0 Å². The summed E-state index contributed by atoms with van der Waals surface area (Å²) in [4.78, 5) is 31.6. The Bertz CT molecular complexity index is 1330. The molecule has 1 atom stereocenters. The molecule has 3 aromatic carbocycles. The highest BCUT2D eigenvalue weighted by molar-refractivity contribution is 5.97. The Morgan fingerprint density at radius 3 is 2.63 bits per heavy atom. The van der Waals surface area contributed by atoms with Crippen LogP contribution >= 0.6 is 0 Å². The lowest BCUT2D eigenvalue weighted by molar-refractivity contribution is -0.128. The number of carbonyl (C=O) groups is 2. The minimum atomic E-state index is -0.403. The van der Waals surface area contributed by atoms with E-state index in [9.17, 15) is 9.59 Å². The van der Waals surface area contributed by atoms with Gasteiger partial charge in [0, 0.05) is 36.3 Å². The first kappa shape index (κ1) is 22.3. The van der Waals surface area contributed by atoms with Crippen molar-refractivity contribution in [2.75, 3.05) is 19.0 Å². The van der Waals surface area contributed by atoms with Crippen molar-refractivity contribution >= 4 is 17.5 Å². The second-order valence-corrected chi connectivity index (χ2v) is 8.38. The first-order valence-electron chi connectivity index (χ1n) is 11.3. The monoisotopic (exact) mass is 468 g/mol. The Balaban J connectivity index is 1.24. The van der Waals surface area contributed by atoms with Crippen LogP contribution in [0.4, 0.5) is 5.69 Å². The molecule has 4 aromatic rings. The quantitative estimate of drug-likeness (QED) is 0.432. The van der Waals surface area contributed by atoms with E-state index in [4.69, 9.17) is 9.26 Å². The molecule has 8 heteroatoms. The maximum absolute atomic E-state index is 12.9. The predicted octanol–water partition coefficient (Wildman–Crippen LogP) is 4.40. The van der Waals surface area contributed by atoms with Gasteiger partial charge in [-0.1, -0.05) is 41.6 Å². The van der Waals surface area contributed by atoms with Crippen molar-refractivity contribution in [1.29, 1.82) is 0 Å². The second kappa shape index (κ2) is 9.80. The van der Waals surface area contributed by atoms with Gasteiger partial charge in [0.15, 0.2) is 0 Å². The molecule has 1 aliphatic heterocycles. The fourth-order valence-electron chi connectivity index (χ4n) is 4.08. The summed E-state index contributed by atoms with van der Waals surface area (Å²) in [7, 11) is 1.61. The van der Waals surface area contributed by atoms with Crippen LogP contribution in [0.2, 0.25) is 0 Å². The fraction of sp³-hybridized carbons (Fsp3) is 0.185. The summed E-state index contributed by atoms with van der Waals surface area (Å²) >= 11 is 0. The smallest absolute Gasteiger partial charge is 0.258 e. The number of carbonyl (C=O) groups excluding carboxylic acids is 2. The number of nitrogens with zero attached hydrogens (tertiary/aromatic N) is 3. The maximum Gasteiger partial charge on any atom is 0.258 e. The van der Waals surface area contributed by atoms with Crippen molar-refractivity contribution in [1.82, 2.24) is 15.0 Å². The van der Waals surface area contributed by atoms with E-state index in [1.165, 1.54) is 0 Å². The zero-order chi connectivity index (χ0) is 24.2. The third-order valence-electron chi connectivity index (χ3n) is 5.95. The highest BCUT2D eigenvalue weighted by atomic mass is 16.5. The van der Waals surface area contributed by atoms with Crippen molar-refractivity contribution in [3.05, 3.63) is 84.4 Å². The van der Waals surface area contributed by atoms with E-state index in [2.05, 4.69) is 15.5 Å². The van der Waals surface area contributed by atoms with E-state index < -0.39 is 5.92 Å². The number of methoxy groups -OCH3 is 1. The molecule has 5 rings (SSSR count). The lowest BCUT2D eigenvalue weighted by Gasteiger charge is -2.16. The van der Waals surface area contributed by atoms with Gasteiger partial charge in [-0.05, 0) is 48.0 Å². The lowest BCUT2D eigenvalue weighted by atomic mass is 10.1. The molecule has 1 N–H and O–H groups in total. The molecule has 1 aliphatic rings. The molecule has 1 unspecified atom stereocenters. The topological polar surface area (TPSA) is 97.6 Å². The van der Waals surface area contributed by atoms with Gasteiger partial charge in [0.25, 0.3) is 5.89 Å². The van der Waals surface area contributed by atoms with Crippen LogP contribution in [-0.2, 0) is 16.1 Å². The number of rotatable bonds is 7. The molecule has 0 spiro atoms. The van der Waals surface area contributed by atoms with Crippen molar-refractivity contribution < 1.29 is 18.8 Å². The molecule has 0 aliphatic carbocycles. The Kier molecular flexibility index (Phi) is 6.26. The van der Waals surface area contributed by atoms with Gasteiger partial charge in [0.1, 0.15) is 5.75 Å². The molecule has 0 saturated carbocycles. The Morgan fingerprint density at radius 1 is 1.06 bits per heavy atom. The molecule has 0 bridgehead atoms. The highest BCUT2D eigenvalue weighted by Crippen LogP contribution is 2.27.